The fourth-order valence-corrected chi connectivity index (χ4v) is 3.58. The van der Waals surface area contributed by atoms with Crippen molar-refractivity contribution in [1.29, 1.82) is 0 Å². The van der Waals surface area contributed by atoms with Crippen LogP contribution in [-0.2, 0) is 32.2 Å². The van der Waals surface area contributed by atoms with Crippen molar-refractivity contribution in [2.24, 2.45) is 0 Å². The number of carbonyl (C=O) groups is 2. The molecule has 0 aliphatic rings. The molecule has 0 saturated carbocycles. The highest BCUT2D eigenvalue weighted by molar-refractivity contribution is 5.81. The second-order valence-corrected chi connectivity index (χ2v) is 9.78. The minimum Gasteiger partial charge on any atom is -0.497 e. The number of esters is 1. The fourth-order valence-electron chi connectivity index (χ4n) is 3.58. The smallest absolute Gasteiger partial charge is 0.408 e. The molecule has 0 bridgehead atoms. The Morgan fingerprint density at radius 3 is 2.58 bits per heavy atom. The van der Waals surface area contributed by atoms with E-state index in [1.165, 1.54) is 18.0 Å². The van der Waals surface area contributed by atoms with E-state index >= 15 is 0 Å². The number of fused-ring (bicyclic) bond motifs is 1. The largest absolute Gasteiger partial charge is 0.497 e. The molecule has 0 aliphatic carbocycles. The molecule has 2 aromatic carbocycles. The van der Waals surface area contributed by atoms with E-state index in [1.54, 1.807) is 45.0 Å². The van der Waals surface area contributed by atoms with Crippen LogP contribution >= 0.6 is 0 Å². The van der Waals surface area contributed by atoms with Gasteiger partial charge < -0.3 is 28.7 Å². The van der Waals surface area contributed by atoms with Gasteiger partial charge in [-0.1, -0.05) is 35.5 Å². The van der Waals surface area contributed by atoms with Crippen molar-refractivity contribution in [3.63, 3.8) is 0 Å². The summed E-state index contributed by atoms with van der Waals surface area (Å²) in [6, 6.07) is 14.8. The Kier molecular flexibility index (Phi) is 8.80. The minimum absolute atomic E-state index is 0.0294. The third-order valence-corrected chi connectivity index (χ3v) is 5.45. The van der Waals surface area contributed by atoms with Gasteiger partial charge in [-0.25, -0.2) is 19.1 Å². The van der Waals surface area contributed by atoms with Gasteiger partial charge in [-0.2, -0.15) is 0 Å². The molecule has 2 aromatic heterocycles. The molecule has 0 unspecified atom stereocenters. The van der Waals surface area contributed by atoms with Crippen LogP contribution in [-0.4, -0.2) is 52.4 Å². The molecular weight excluding hydrogens is 520 g/mol. The number of rotatable bonds is 10. The molecule has 1 amide bonds. The van der Waals surface area contributed by atoms with E-state index in [0.717, 1.165) is 5.56 Å². The zero-order valence-electron chi connectivity index (χ0n) is 22.6. The maximum Gasteiger partial charge on any atom is 0.408 e. The lowest BCUT2D eigenvalue weighted by Gasteiger charge is -2.23. The molecule has 40 heavy (non-hydrogen) atoms. The fraction of sp³-hybridized carbons (Fsp3) is 0.321. The normalized spacial score (nSPS) is 12.1. The third kappa shape index (κ3) is 7.67. The van der Waals surface area contributed by atoms with E-state index in [1.807, 2.05) is 30.3 Å². The van der Waals surface area contributed by atoms with Crippen LogP contribution in [0.5, 0.6) is 5.75 Å². The standard InChI is InChI=1S/C28H30N4O8/c1-28(2,3)40-27(35)29-22(25(33)38-15-18-8-6-5-7-9-18)17-37-16-20-14-32(31-30-20)23-12-19-10-11-21(36-4)13-24(19)39-26(23)34/h5-14,22H,15-17H2,1-4H3,(H,29,35)/t22-/m0/s1. The predicted molar refractivity (Wildman–Crippen MR) is 143 cm³/mol. The average Bonchev–Trinajstić information content (AvgIpc) is 3.38. The summed E-state index contributed by atoms with van der Waals surface area (Å²) in [5.41, 5.74) is 0.332. The Bertz CT molecular complexity index is 1520. The summed E-state index contributed by atoms with van der Waals surface area (Å²) in [5, 5.41) is 11.2. The maximum atomic E-state index is 12.8. The summed E-state index contributed by atoms with van der Waals surface area (Å²) < 4.78 is 28.1. The SMILES string of the molecule is COc1ccc2cc(-n3cc(COC[C@H](NC(=O)OC(C)(C)C)C(=O)OCc4ccccc4)nn3)c(=O)oc2c1. The van der Waals surface area contributed by atoms with Crippen molar-refractivity contribution in [3.8, 4) is 11.4 Å². The Morgan fingerprint density at radius 1 is 1.07 bits per heavy atom. The van der Waals surface area contributed by atoms with Crippen molar-refractivity contribution in [3.05, 3.63) is 82.5 Å². The molecule has 0 radical (unpaired) electrons. The highest BCUT2D eigenvalue weighted by atomic mass is 16.6. The lowest BCUT2D eigenvalue weighted by Crippen LogP contribution is -2.46. The number of benzene rings is 2. The second kappa shape index (κ2) is 12.4. The van der Waals surface area contributed by atoms with Crippen LogP contribution in [0.25, 0.3) is 16.7 Å². The first kappa shape index (κ1) is 28.3. The minimum atomic E-state index is -1.14. The first-order valence-electron chi connectivity index (χ1n) is 12.4. The van der Waals surface area contributed by atoms with Gasteiger partial charge in [0.2, 0.25) is 0 Å². The van der Waals surface area contributed by atoms with Crippen LogP contribution in [0.4, 0.5) is 4.79 Å². The number of hydrogen-bond donors (Lipinski definition) is 1. The summed E-state index contributed by atoms with van der Waals surface area (Å²) >= 11 is 0. The number of hydrogen-bond acceptors (Lipinski definition) is 10. The summed E-state index contributed by atoms with van der Waals surface area (Å²) in [5.74, 6) is -0.129. The van der Waals surface area contributed by atoms with Gasteiger partial charge in [0.1, 0.15) is 29.2 Å². The van der Waals surface area contributed by atoms with E-state index in [-0.39, 0.29) is 25.5 Å². The number of aromatic nitrogens is 3. The number of ether oxygens (including phenoxy) is 4. The lowest BCUT2D eigenvalue weighted by atomic mass is 10.2. The number of nitrogens with one attached hydrogen (secondary N) is 1. The highest BCUT2D eigenvalue weighted by Gasteiger charge is 2.26. The van der Waals surface area contributed by atoms with E-state index in [0.29, 0.717) is 22.4 Å². The average molecular weight is 551 g/mol. The molecule has 1 atom stereocenters. The molecule has 1 N–H and O–H groups in total. The van der Waals surface area contributed by atoms with E-state index < -0.39 is 29.3 Å². The topological polar surface area (TPSA) is 144 Å². The molecule has 210 valence electrons. The number of nitrogens with zero attached hydrogens (tertiary/aromatic N) is 3. The molecule has 12 nitrogen and oxygen atoms in total. The van der Waals surface area contributed by atoms with Crippen molar-refractivity contribution in [2.75, 3.05) is 13.7 Å². The van der Waals surface area contributed by atoms with E-state index in [2.05, 4.69) is 15.6 Å². The van der Waals surface area contributed by atoms with Crippen molar-refractivity contribution in [2.45, 2.75) is 45.6 Å². The van der Waals surface area contributed by atoms with Gasteiger partial charge in [0.25, 0.3) is 0 Å². The molecule has 0 saturated heterocycles. The monoisotopic (exact) mass is 550 g/mol. The number of methoxy groups -OCH3 is 1. The summed E-state index contributed by atoms with van der Waals surface area (Å²) in [6.45, 7) is 4.88. The van der Waals surface area contributed by atoms with E-state index in [9.17, 15) is 14.4 Å². The van der Waals surface area contributed by atoms with Crippen LogP contribution in [0, 0.1) is 0 Å². The quantitative estimate of drug-likeness (QED) is 0.230. The Morgan fingerprint density at radius 2 is 1.85 bits per heavy atom. The predicted octanol–water partition coefficient (Wildman–Crippen LogP) is 3.54. The van der Waals surface area contributed by atoms with Gasteiger partial charge in [-0.15, -0.1) is 5.10 Å². The first-order chi connectivity index (χ1) is 19.1. The van der Waals surface area contributed by atoms with Crippen LogP contribution in [0.3, 0.4) is 0 Å². The Balaban J connectivity index is 1.41. The summed E-state index contributed by atoms with van der Waals surface area (Å²) in [6.07, 6.45) is 0.718. The van der Waals surface area contributed by atoms with Gasteiger partial charge in [-0.3, -0.25) is 0 Å². The van der Waals surface area contributed by atoms with Gasteiger partial charge >= 0.3 is 17.7 Å². The molecule has 0 aliphatic heterocycles. The number of carbonyl (C=O) groups excluding carboxylic acids is 2. The van der Waals surface area contributed by atoms with E-state index in [4.69, 9.17) is 23.4 Å². The Labute approximate surface area is 229 Å². The highest BCUT2D eigenvalue weighted by Crippen LogP contribution is 2.21. The first-order valence-corrected chi connectivity index (χ1v) is 12.4. The van der Waals surface area contributed by atoms with Crippen molar-refractivity contribution < 1.29 is 33.0 Å². The van der Waals surface area contributed by atoms with Gasteiger partial charge in [0.15, 0.2) is 11.7 Å². The summed E-state index contributed by atoms with van der Waals surface area (Å²) in [7, 11) is 1.52. The van der Waals surface area contributed by atoms with Crippen LogP contribution in [0.2, 0.25) is 0 Å². The number of alkyl carbamates (subject to hydrolysis) is 1. The summed E-state index contributed by atoms with van der Waals surface area (Å²) in [4.78, 5) is 37.7. The molecular formula is C28H30N4O8. The van der Waals surface area contributed by atoms with Gasteiger partial charge in [0.05, 0.1) is 26.5 Å². The van der Waals surface area contributed by atoms with Gasteiger partial charge in [-0.05, 0) is 44.5 Å². The second-order valence-electron chi connectivity index (χ2n) is 9.78. The van der Waals surface area contributed by atoms with Gasteiger partial charge in [0, 0.05) is 11.5 Å². The third-order valence-electron chi connectivity index (χ3n) is 5.45. The van der Waals surface area contributed by atoms with Crippen molar-refractivity contribution in [1.82, 2.24) is 20.3 Å². The lowest BCUT2D eigenvalue weighted by molar-refractivity contribution is -0.149. The Hall–Kier alpha value is -4.71. The molecule has 2 heterocycles. The number of amides is 1. The van der Waals surface area contributed by atoms with Crippen LogP contribution < -0.4 is 15.7 Å². The zero-order chi connectivity index (χ0) is 28.7. The molecule has 4 aromatic rings. The van der Waals surface area contributed by atoms with Crippen LogP contribution in [0.15, 0.2) is 70.0 Å². The molecule has 12 heteroatoms. The van der Waals surface area contributed by atoms with Crippen LogP contribution in [0.1, 0.15) is 32.0 Å². The maximum absolute atomic E-state index is 12.8. The van der Waals surface area contributed by atoms with Crippen molar-refractivity contribution >= 4 is 23.0 Å². The molecule has 0 fully saturated rings. The molecule has 4 rings (SSSR count). The molecule has 0 spiro atoms. The zero-order valence-corrected chi connectivity index (χ0v) is 22.6.